The Balaban J connectivity index is 2.30. The Morgan fingerprint density at radius 3 is 1.53 bits per heavy atom. The molecule has 36 heavy (non-hydrogen) atoms. The van der Waals surface area contributed by atoms with Gasteiger partial charge in [0.15, 0.2) is 34.6 Å². The van der Waals surface area contributed by atoms with Gasteiger partial charge in [0.2, 0.25) is 0 Å². The molecule has 0 aliphatic rings. The molecule has 0 N–H and O–H groups in total. The molecule has 0 aliphatic carbocycles. The van der Waals surface area contributed by atoms with E-state index in [1.54, 1.807) is 55.5 Å². The van der Waals surface area contributed by atoms with Gasteiger partial charge < -0.3 is 23.7 Å². The van der Waals surface area contributed by atoms with Crippen LogP contribution in [0.15, 0.2) is 60.2 Å². The summed E-state index contributed by atoms with van der Waals surface area (Å²) in [5.41, 5.74) is 1.18. The quantitative estimate of drug-likeness (QED) is 0.174. The Kier molecular flexibility index (Phi) is 11.0. The zero-order valence-electron chi connectivity index (χ0n) is 21.0. The molecule has 0 aromatic heterocycles. The molecule has 2 rings (SSSR count). The number of allylic oxidation sites excluding steroid dienone is 3. The summed E-state index contributed by atoms with van der Waals surface area (Å²) in [5, 5.41) is 0. The Hall–Kier alpha value is -4.33. The van der Waals surface area contributed by atoms with Crippen LogP contribution >= 0.6 is 0 Å². The van der Waals surface area contributed by atoms with Crippen LogP contribution in [0.2, 0.25) is 0 Å². The molecule has 2 aromatic rings. The number of esters is 1. The Bertz CT molecular complexity index is 1090. The molecule has 0 spiro atoms. The van der Waals surface area contributed by atoms with E-state index in [2.05, 4.69) is 0 Å². The predicted octanol–water partition coefficient (Wildman–Crippen LogP) is 4.47. The Morgan fingerprint density at radius 1 is 0.694 bits per heavy atom. The predicted molar refractivity (Wildman–Crippen MR) is 137 cm³/mol. The highest BCUT2D eigenvalue weighted by molar-refractivity contribution is 6.28. The van der Waals surface area contributed by atoms with Crippen LogP contribution in [0.25, 0.3) is 12.2 Å². The minimum Gasteiger partial charge on any atom is -0.493 e. The van der Waals surface area contributed by atoms with E-state index in [0.29, 0.717) is 34.1 Å². The number of ether oxygens (including phenoxy) is 5. The SMILES string of the molecule is CCOC(=O)CC=C(C(=O)C=Cc1ccc(OC)c(OC)c1)C(=O)C=Cc1ccc(OC)c(OC)c1. The molecular weight excluding hydrogens is 464 g/mol. The van der Waals surface area contributed by atoms with Crippen LogP contribution in [0, 0.1) is 0 Å². The lowest BCUT2D eigenvalue weighted by Gasteiger charge is -2.08. The second-order valence-electron chi connectivity index (χ2n) is 7.25. The van der Waals surface area contributed by atoms with E-state index in [-0.39, 0.29) is 18.6 Å². The van der Waals surface area contributed by atoms with Crippen LogP contribution in [0.1, 0.15) is 24.5 Å². The van der Waals surface area contributed by atoms with Gasteiger partial charge in [-0.05, 0) is 54.5 Å². The van der Waals surface area contributed by atoms with Gasteiger partial charge in [0, 0.05) is 0 Å². The second kappa shape index (κ2) is 14.2. The first-order valence-corrected chi connectivity index (χ1v) is 11.1. The highest BCUT2D eigenvalue weighted by Gasteiger charge is 2.15. The minimum atomic E-state index is -0.559. The number of hydrogen-bond donors (Lipinski definition) is 0. The topological polar surface area (TPSA) is 97.4 Å². The van der Waals surface area contributed by atoms with Gasteiger partial charge in [-0.1, -0.05) is 30.4 Å². The molecule has 0 saturated carbocycles. The summed E-state index contributed by atoms with van der Waals surface area (Å²) in [6.07, 6.45) is 6.69. The standard InChI is InChI=1S/C28H30O8/c1-6-36-28(31)16-11-21(22(29)12-7-19-9-14-24(32-2)26(17-19)34-4)23(30)13-8-20-10-15-25(33-3)27(18-20)35-5/h7-15,17-18H,6,16H2,1-5H3. The van der Waals surface area contributed by atoms with E-state index in [4.69, 9.17) is 23.7 Å². The fraction of sp³-hybridized carbons (Fsp3) is 0.250. The third-order valence-corrected chi connectivity index (χ3v) is 4.98. The molecule has 0 fully saturated rings. The molecule has 0 heterocycles. The van der Waals surface area contributed by atoms with Crippen molar-refractivity contribution in [1.29, 1.82) is 0 Å². The fourth-order valence-corrected chi connectivity index (χ4v) is 3.16. The molecule has 0 saturated heterocycles. The number of methoxy groups -OCH3 is 4. The van der Waals surface area contributed by atoms with Gasteiger partial charge in [-0.15, -0.1) is 0 Å². The normalized spacial score (nSPS) is 10.7. The van der Waals surface area contributed by atoms with Crippen LogP contribution in [0.5, 0.6) is 23.0 Å². The van der Waals surface area contributed by atoms with Gasteiger partial charge in [0.25, 0.3) is 0 Å². The van der Waals surface area contributed by atoms with E-state index in [9.17, 15) is 14.4 Å². The van der Waals surface area contributed by atoms with Crippen molar-refractivity contribution in [1.82, 2.24) is 0 Å². The minimum absolute atomic E-state index is 0.156. The van der Waals surface area contributed by atoms with Crippen LogP contribution in [-0.2, 0) is 19.1 Å². The lowest BCUT2D eigenvalue weighted by molar-refractivity contribution is -0.142. The number of ketones is 2. The smallest absolute Gasteiger partial charge is 0.309 e. The lowest BCUT2D eigenvalue weighted by Crippen LogP contribution is -2.11. The third-order valence-electron chi connectivity index (χ3n) is 4.98. The van der Waals surface area contributed by atoms with Crippen molar-refractivity contribution in [3.63, 3.8) is 0 Å². The summed E-state index contributed by atoms with van der Waals surface area (Å²) in [4.78, 5) is 37.7. The molecule has 190 valence electrons. The number of hydrogen-bond acceptors (Lipinski definition) is 8. The van der Waals surface area contributed by atoms with E-state index in [1.165, 1.54) is 46.7 Å². The molecule has 8 nitrogen and oxygen atoms in total. The van der Waals surface area contributed by atoms with Gasteiger partial charge in [-0.25, -0.2) is 0 Å². The summed E-state index contributed by atoms with van der Waals surface area (Å²) in [7, 11) is 6.07. The maximum absolute atomic E-state index is 12.9. The van der Waals surface area contributed by atoms with Gasteiger partial charge in [-0.2, -0.15) is 0 Å². The number of rotatable bonds is 13. The Labute approximate surface area is 210 Å². The van der Waals surface area contributed by atoms with Crippen molar-refractivity contribution in [2.45, 2.75) is 13.3 Å². The Morgan fingerprint density at radius 2 is 1.14 bits per heavy atom. The maximum Gasteiger partial charge on any atom is 0.309 e. The van der Waals surface area contributed by atoms with E-state index >= 15 is 0 Å². The third kappa shape index (κ3) is 7.87. The lowest BCUT2D eigenvalue weighted by atomic mass is 10.0. The largest absolute Gasteiger partial charge is 0.493 e. The summed E-state index contributed by atoms with van der Waals surface area (Å²) < 4.78 is 25.9. The molecule has 0 bridgehead atoms. The summed E-state index contributed by atoms with van der Waals surface area (Å²) in [6.45, 7) is 1.87. The van der Waals surface area contributed by atoms with Crippen LogP contribution in [-0.4, -0.2) is 52.6 Å². The van der Waals surface area contributed by atoms with E-state index in [0.717, 1.165) is 0 Å². The summed E-state index contributed by atoms with van der Waals surface area (Å²) in [5.74, 6) is 0.437. The molecule has 0 amide bonds. The highest BCUT2D eigenvalue weighted by Crippen LogP contribution is 2.29. The van der Waals surface area contributed by atoms with Crippen LogP contribution < -0.4 is 18.9 Å². The van der Waals surface area contributed by atoms with Gasteiger partial charge in [-0.3, -0.25) is 14.4 Å². The maximum atomic E-state index is 12.9. The summed E-state index contributed by atoms with van der Waals surface area (Å²) in [6, 6.07) is 10.3. The van der Waals surface area contributed by atoms with Crippen molar-refractivity contribution < 1.29 is 38.1 Å². The van der Waals surface area contributed by atoms with Crippen molar-refractivity contribution >= 4 is 29.7 Å². The van der Waals surface area contributed by atoms with E-state index in [1.807, 2.05) is 0 Å². The molecule has 8 heteroatoms. The van der Waals surface area contributed by atoms with Gasteiger partial charge >= 0.3 is 5.97 Å². The second-order valence-corrected chi connectivity index (χ2v) is 7.25. The number of benzene rings is 2. The van der Waals surface area contributed by atoms with Crippen LogP contribution in [0.3, 0.4) is 0 Å². The van der Waals surface area contributed by atoms with Crippen LogP contribution in [0.4, 0.5) is 0 Å². The first kappa shape index (κ1) is 27.9. The van der Waals surface area contributed by atoms with Crippen molar-refractivity contribution in [2.75, 3.05) is 35.0 Å². The first-order chi connectivity index (χ1) is 17.4. The zero-order valence-corrected chi connectivity index (χ0v) is 21.0. The molecule has 0 unspecified atom stereocenters. The monoisotopic (exact) mass is 494 g/mol. The van der Waals surface area contributed by atoms with Crippen molar-refractivity contribution in [3.05, 3.63) is 71.3 Å². The van der Waals surface area contributed by atoms with E-state index < -0.39 is 17.5 Å². The number of carbonyl (C=O) groups excluding carboxylic acids is 3. The molecule has 0 atom stereocenters. The summed E-state index contributed by atoms with van der Waals surface area (Å²) >= 11 is 0. The van der Waals surface area contributed by atoms with Gasteiger partial charge in [0.1, 0.15) is 0 Å². The average Bonchev–Trinajstić information content (AvgIpc) is 2.90. The molecule has 0 aliphatic heterocycles. The first-order valence-electron chi connectivity index (χ1n) is 11.1. The van der Waals surface area contributed by atoms with Crippen molar-refractivity contribution in [2.24, 2.45) is 0 Å². The van der Waals surface area contributed by atoms with Gasteiger partial charge in [0.05, 0.1) is 47.0 Å². The van der Waals surface area contributed by atoms with Crippen molar-refractivity contribution in [3.8, 4) is 23.0 Å². The number of carbonyl (C=O) groups is 3. The fourth-order valence-electron chi connectivity index (χ4n) is 3.16. The molecular formula is C28H30O8. The zero-order chi connectivity index (χ0) is 26.5. The average molecular weight is 495 g/mol. The molecule has 2 aromatic carbocycles. The molecule has 0 radical (unpaired) electrons. The highest BCUT2D eigenvalue weighted by atomic mass is 16.5.